The second-order valence-electron chi connectivity index (χ2n) is 2.86. The predicted octanol–water partition coefficient (Wildman–Crippen LogP) is 0.333. The second kappa shape index (κ2) is 2.85. The molecule has 1 saturated heterocycles. The van der Waals surface area contributed by atoms with Crippen LogP contribution in [0.4, 0.5) is 13.6 Å². The minimum absolute atomic E-state index is 0.0537. The molecule has 0 aromatic rings. The lowest BCUT2D eigenvalue weighted by Crippen LogP contribution is -2.39. The molecule has 6 heteroatoms. The monoisotopic (exact) mass is 180 g/mol. The summed E-state index contributed by atoms with van der Waals surface area (Å²) in [4.78, 5) is 11.1. The van der Waals surface area contributed by atoms with Crippen LogP contribution >= 0.6 is 0 Å². The molecule has 1 amide bonds. The van der Waals surface area contributed by atoms with E-state index in [0.717, 1.165) is 0 Å². The molecule has 1 aliphatic heterocycles. The van der Waals surface area contributed by atoms with Crippen molar-refractivity contribution in [1.29, 1.82) is 0 Å². The minimum Gasteiger partial charge on any atom is -0.465 e. The quantitative estimate of drug-likeness (QED) is 0.611. The number of carbonyl (C=O) groups is 1. The number of nitrogens with two attached hydrogens (primary N) is 1. The lowest BCUT2D eigenvalue weighted by Gasteiger charge is -2.17. The highest BCUT2D eigenvalue weighted by atomic mass is 19.3. The summed E-state index contributed by atoms with van der Waals surface area (Å²) < 4.78 is 25.3. The number of hydrogen-bond donors (Lipinski definition) is 2. The average molecular weight is 180 g/mol. The molecular weight excluding hydrogens is 170 g/mol. The summed E-state index contributed by atoms with van der Waals surface area (Å²) in [6.45, 7) is -0.786. The molecule has 0 saturated carbocycles. The molecule has 12 heavy (non-hydrogen) atoms. The van der Waals surface area contributed by atoms with Crippen molar-refractivity contribution in [2.24, 2.45) is 5.73 Å². The van der Waals surface area contributed by atoms with Crippen molar-refractivity contribution in [1.82, 2.24) is 4.90 Å². The van der Waals surface area contributed by atoms with Crippen molar-refractivity contribution in [2.75, 3.05) is 13.1 Å². The second-order valence-corrected chi connectivity index (χ2v) is 2.86. The van der Waals surface area contributed by atoms with Gasteiger partial charge < -0.3 is 10.8 Å². The fourth-order valence-corrected chi connectivity index (χ4v) is 1.33. The summed E-state index contributed by atoms with van der Waals surface area (Å²) in [7, 11) is 0. The van der Waals surface area contributed by atoms with E-state index in [1.807, 2.05) is 0 Å². The SMILES string of the molecule is NC[C@H]1CC(F)(F)CN1C(=O)O. The number of amides is 1. The van der Waals surface area contributed by atoms with E-state index in [2.05, 4.69) is 0 Å². The van der Waals surface area contributed by atoms with Gasteiger partial charge in [0, 0.05) is 13.0 Å². The maximum absolute atomic E-state index is 12.6. The van der Waals surface area contributed by atoms with E-state index in [0.29, 0.717) is 4.90 Å². The third-order valence-electron chi connectivity index (χ3n) is 1.89. The summed E-state index contributed by atoms with van der Waals surface area (Å²) in [5.41, 5.74) is 5.14. The standard InChI is InChI=1S/C6H10F2N2O2/c7-6(8)1-4(2-9)10(3-6)5(11)12/h4H,1-3,9H2,(H,11,12)/t4-/m1/s1. The molecule has 1 rings (SSSR count). The van der Waals surface area contributed by atoms with Crippen LogP contribution in [0.5, 0.6) is 0 Å². The molecule has 0 aliphatic carbocycles. The Morgan fingerprint density at radius 1 is 1.75 bits per heavy atom. The number of alkyl halides is 2. The van der Waals surface area contributed by atoms with Gasteiger partial charge in [-0.15, -0.1) is 0 Å². The third kappa shape index (κ3) is 1.63. The zero-order chi connectivity index (χ0) is 9.35. The van der Waals surface area contributed by atoms with Crippen LogP contribution in [0, 0.1) is 0 Å². The van der Waals surface area contributed by atoms with E-state index in [1.54, 1.807) is 0 Å². The van der Waals surface area contributed by atoms with Gasteiger partial charge >= 0.3 is 6.09 Å². The Kier molecular flexibility index (Phi) is 2.18. The Morgan fingerprint density at radius 2 is 2.33 bits per heavy atom. The van der Waals surface area contributed by atoms with Crippen molar-refractivity contribution in [3.05, 3.63) is 0 Å². The van der Waals surface area contributed by atoms with E-state index in [4.69, 9.17) is 10.8 Å². The predicted molar refractivity (Wildman–Crippen MR) is 37.1 cm³/mol. The number of hydrogen-bond acceptors (Lipinski definition) is 2. The van der Waals surface area contributed by atoms with E-state index in [1.165, 1.54) is 0 Å². The highest BCUT2D eigenvalue weighted by Crippen LogP contribution is 2.31. The first-order valence-electron chi connectivity index (χ1n) is 3.54. The molecule has 1 aliphatic rings. The summed E-state index contributed by atoms with van der Waals surface area (Å²) in [5, 5.41) is 8.48. The molecule has 0 aromatic carbocycles. The fourth-order valence-electron chi connectivity index (χ4n) is 1.33. The van der Waals surface area contributed by atoms with Gasteiger partial charge in [0.15, 0.2) is 0 Å². The first-order chi connectivity index (χ1) is 5.46. The summed E-state index contributed by atoms with van der Waals surface area (Å²) in [6, 6.07) is -0.738. The molecule has 1 heterocycles. The number of nitrogens with zero attached hydrogens (tertiary/aromatic N) is 1. The molecule has 4 nitrogen and oxygen atoms in total. The molecular formula is C6H10F2N2O2. The van der Waals surface area contributed by atoms with Crippen molar-refractivity contribution >= 4 is 6.09 Å². The minimum atomic E-state index is -2.91. The first kappa shape index (κ1) is 9.18. The molecule has 1 fully saturated rings. The number of carboxylic acid groups (broad SMARTS) is 1. The Labute approximate surface area is 67.9 Å². The highest BCUT2D eigenvalue weighted by Gasteiger charge is 2.46. The Bertz CT molecular complexity index is 198. The summed E-state index contributed by atoms with van der Waals surface area (Å²) in [6.07, 6.45) is -1.79. The summed E-state index contributed by atoms with van der Waals surface area (Å²) >= 11 is 0. The van der Waals surface area contributed by atoms with E-state index >= 15 is 0 Å². The van der Waals surface area contributed by atoms with Gasteiger partial charge in [-0.25, -0.2) is 13.6 Å². The van der Waals surface area contributed by atoms with Crippen LogP contribution in [0.1, 0.15) is 6.42 Å². The van der Waals surface area contributed by atoms with E-state index < -0.39 is 31.0 Å². The Hall–Kier alpha value is -0.910. The van der Waals surface area contributed by atoms with Crippen LogP contribution in [-0.4, -0.2) is 41.2 Å². The Balaban J connectivity index is 2.69. The largest absolute Gasteiger partial charge is 0.465 e. The average Bonchev–Trinajstić information content (AvgIpc) is 2.25. The van der Waals surface area contributed by atoms with Crippen LogP contribution in [-0.2, 0) is 0 Å². The van der Waals surface area contributed by atoms with Gasteiger partial charge in [-0.2, -0.15) is 0 Å². The van der Waals surface area contributed by atoms with Gasteiger partial charge in [0.25, 0.3) is 5.92 Å². The maximum atomic E-state index is 12.6. The van der Waals surface area contributed by atoms with Gasteiger partial charge in [-0.3, -0.25) is 4.90 Å². The normalized spacial score (nSPS) is 27.6. The van der Waals surface area contributed by atoms with Gasteiger partial charge in [0.05, 0.1) is 12.6 Å². The zero-order valence-electron chi connectivity index (χ0n) is 6.33. The van der Waals surface area contributed by atoms with Crippen LogP contribution in [0.25, 0.3) is 0 Å². The third-order valence-corrected chi connectivity index (χ3v) is 1.89. The molecule has 0 spiro atoms. The van der Waals surface area contributed by atoms with Gasteiger partial charge in [-0.05, 0) is 0 Å². The molecule has 0 aromatic heterocycles. The number of halogens is 2. The van der Waals surface area contributed by atoms with Crippen LogP contribution in [0.2, 0.25) is 0 Å². The van der Waals surface area contributed by atoms with Crippen molar-refractivity contribution in [3.8, 4) is 0 Å². The molecule has 0 radical (unpaired) electrons. The summed E-state index contributed by atoms with van der Waals surface area (Å²) in [5.74, 6) is -2.91. The smallest absolute Gasteiger partial charge is 0.407 e. The van der Waals surface area contributed by atoms with Gasteiger partial charge in [-0.1, -0.05) is 0 Å². The van der Waals surface area contributed by atoms with E-state index in [-0.39, 0.29) is 6.54 Å². The highest BCUT2D eigenvalue weighted by molar-refractivity contribution is 5.66. The van der Waals surface area contributed by atoms with E-state index in [9.17, 15) is 13.6 Å². The van der Waals surface area contributed by atoms with Gasteiger partial charge in [0.2, 0.25) is 0 Å². The lowest BCUT2D eigenvalue weighted by atomic mass is 10.2. The molecule has 70 valence electrons. The van der Waals surface area contributed by atoms with Crippen molar-refractivity contribution in [3.63, 3.8) is 0 Å². The number of rotatable bonds is 1. The lowest BCUT2D eigenvalue weighted by molar-refractivity contribution is 0.0126. The molecule has 0 bridgehead atoms. The van der Waals surface area contributed by atoms with Crippen molar-refractivity contribution < 1.29 is 18.7 Å². The Morgan fingerprint density at radius 3 is 2.67 bits per heavy atom. The molecule has 3 N–H and O–H groups in total. The van der Waals surface area contributed by atoms with Crippen molar-refractivity contribution in [2.45, 2.75) is 18.4 Å². The zero-order valence-corrected chi connectivity index (χ0v) is 6.33. The van der Waals surface area contributed by atoms with Crippen LogP contribution in [0.3, 0.4) is 0 Å². The molecule has 0 unspecified atom stereocenters. The first-order valence-corrected chi connectivity index (χ1v) is 3.54. The van der Waals surface area contributed by atoms with Crippen LogP contribution in [0.15, 0.2) is 0 Å². The van der Waals surface area contributed by atoms with Gasteiger partial charge in [0.1, 0.15) is 0 Å². The van der Waals surface area contributed by atoms with Crippen LogP contribution < -0.4 is 5.73 Å². The number of likely N-dealkylation sites (tertiary alicyclic amines) is 1. The topological polar surface area (TPSA) is 66.6 Å². The fraction of sp³-hybridized carbons (Fsp3) is 0.833. The maximum Gasteiger partial charge on any atom is 0.407 e. The molecule has 1 atom stereocenters.